The molecular formula is C59H114N2O7P+. The number of phosphoric acid groups is 1. The van der Waals surface area contributed by atoms with Crippen LogP contribution in [0.4, 0.5) is 0 Å². The summed E-state index contributed by atoms with van der Waals surface area (Å²) in [5.41, 5.74) is 0. The molecule has 406 valence electrons. The predicted molar refractivity (Wildman–Crippen MR) is 296 cm³/mol. The van der Waals surface area contributed by atoms with Crippen molar-refractivity contribution in [2.24, 2.45) is 0 Å². The lowest BCUT2D eigenvalue weighted by Gasteiger charge is -2.27. The molecule has 0 aromatic carbocycles. The molecule has 10 heteroatoms. The fourth-order valence-corrected chi connectivity index (χ4v) is 9.24. The van der Waals surface area contributed by atoms with E-state index >= 15 is 0 Å². The maximum absolute atomic E-state index is 13.4. The minimum Gasteiger partial charge on any atom is -0.456 e. The van der Waals surface area contributed by atoms with Gasteiger partial charge in [0.25, 0.3) is 0 Å². The molecule has 0 rings (SSSR count). The van der Waals surface area contributed by atoms with E-state index in [4.69, 9.17) is 13.8 Å². The molecule has 2 N–H and O–H groups in total. The maximum atomic E-state index is 13.4. The van der Waals surface area contributed by atoms with Gasteiger partial charge in [-0.3, -0.25) is 18.6 Å². The lowest BCUT2D eigenvalue weighted by Crippen LogP contribution is -2.47. The number of likely N-dealkylation sites (N-methyl/N-ethyl adjacent to an activating group) is 1. The van der Waals surface area contributed by atoms with Crippen molar-refractivity contribution in [3.05, 3.63) is 36.5 Å². The molecule has 3 atom stereocenters. The number of nitrogens with one attached hydrogen (secondary N) is 1. The molecule has 0 aromatic heterocycles. The van der Waals surface area contributed by atoms with Gasteiger partial charge in [0.2, 0.25) is 5.91 Å². The van der Waals surface area contributed by atoms with Crippen LogP contribution in [0.3, 0.4) is 0 Å². The first-order valence-corrected chi connectivity index (χ1v) is 30.8. The summed E-state index contributed by atoms with van der Waals surface area (Å²) in [6.07, 6.45) is 58.5. The van der Waals surface area contributed by atoms with Gasteiger partial charge >= 0.3 is 13.8 Å². The van der Waals surface area contributed by atoms with Gasteiger partial charge in [-0.15, -0.1) is 0 Å². The van der Waals surface area contributed by atoms with Crippen LogP contribution in [0.5, 0.6) is 0 Å². The summed E-state index contributed by atoms with van der Waals surface area (Å²) in [6.45, 7) is 6.99. The number of phosphoric ester groups is 1. The van der Waals surface area contributed by atoms with E-state index in [9.17, 15) is 19.0 Å². The van der Waals surface area contributed by atoms with Crippen LogP contribution in [0.2, 0.25) is 0 Å². The van der Waals surface area contributed by atoms with Gasteiger partial charge in [0, 0.05) is 12.8 Å². The molecule has 0 aromatic rings. The molecule has 0 aliphatic heterocycles. The number of unbranched alkanes of at least 4 members (excludes halogenated alkanes) is 33. The Bertz CT molecular complexity index is 1280. The number of ether oxygens (including phenoxy) is 1. The topological polar surface area (TPSA) is 111 Å². The van der Waals surface area contributed by atoms with Crippen LogP contribution in [-0.2, 0) is 27.9 Å². The summed E-state index contributed by atoms with van der Waals surface area (Å²) >= 11 is 0. The van der Waals surface area contributed by atoms with E-state index < -0.39 is 20.0 Å². The molecule has 69 heavy (non-hydrogen) atoms. The molecule has 1 amide bonds. The number of nitrogens with zero attached hydrogens (tertiary/aromatic N) is 1. The summed E-state index contributed by atoms with van der Waals surface area (Å²) in [7, 11) is 1.50. The maximum Gasteiger partial charge on any atom is 0.472 e. The van der Waals surface area contributed by atoms with Crippen LogP contribution in [-0.4, -0.2) is 74.3 Å². The number of allylic oxidation sites excluding steroid dienone is 5. The number of carbonyl (C=O) groups excluding carboxylic acids is 2. The molecular weight excluding hydrogens is 880 g/mol. The second kappa shape index (κ2) is 49.8. The Kier molecular flexibility index (Phi) is 48.5. The zero-order valence-corrected chi connectivity index (χ0v) is 47.2. The van der Waals surface area contributed by atoms with Crippen molar-refractivity contribution in [3.8, 4) is 0 Å². The van der Waals surface area contributed by atoms with Gasteiger partial charge in [0.15, 0.2) is 0 Å². The zero-order chi connectivity index (χ0) is 50.8. The Morgan fingerprint density at radius 1 is 0.507 bits per heavy atom. The summed E-state index contributed by atoms with van der Waals surface area (Å²) in [6, 6.07) is -0.842. The number of amides is 1. The van der Waals surface area contributed by atoms with Crippen LogP contribution in [0, 0.1) is 0 Å². The predicted octanol–water partition coefficient (Wildman–Crippen LogP) is 17.6. The van der Waals surface area contributed by atoms with E-state index in [2.05, 4.69) is 50.4 Å². The third-order valence-electron chi connectivity index (χ3n) is 13.1. The van der Waals surface area contributed by atoms with E-state index in [0.717, 1.165) is 64.2 Å². The van der Waals surface area contributed by atoms with Gasteiger partial charge in [-0.05, 0) is 63.9 Å². The number of esters is 1. The first-order chi connectivity index (χ1) is 33.4. The van der Waals surface area contributed by atoms with Crippen molar-refractivity contribution in [3.63, 3.8) is 0 Å². The van der Waals surface area contributed by atoms with Crippen LogP contribution < -0.4 is 5.32 Å². The summed E-state index contributed by atoms with van der Waals surface area (Å²) < 4.78 is 30.6. The number of hydrogen-bond acceptors (Lipinski definition) is 6. The minimum absolute atomic E-state index is 0.0421. The number of rotatable bonds is 53. The number of hydrogen-bond donors (Lipinski definition) is 2. The van der Waals surface area contributed by atoms with Crippen molar-refractivity contribution in [2.45, 2.75) is 290 Å². The number of quaternary nitrogens is 1. The largest absolute Gasteiger partial charge is 0.472 e. The van der Waals surface area contributed by atoms with Crippen molar-refractivity contribution < 1.29 is 37.3 Å². The Balaban J connectivity index is 5.17. The molecule has 0 aliphatic carbocycles. The van der Waals surface area contributed by atoms with Gasteiger partial charge in [-0.1, -0.05) is 237 Å². The van der Waals surface area contributed by atoms with E-state index in [1.54, 1.807) is 0 Å². The average Bonchev–Trinajstić information content (AvgIpc) is 3.31. The van der Waals surface area contributed by atoms with Crippen molar-refractivity contribution in [1.82, 2.24) is 5.32 Å². The summed E-state index contributed by atoms with van der Waals surface area (Å²) in [5, 5.41) is 3.04. The highest BCUT2D eigenvalue weighted by Crippen LogP contribution is 2.43. The Hall–Kier alpha value is -1.77. The third-order valence-corrected chi connectivity index (χ3v) is 14.1. The van der Waals surface area contributed by atoms with Crippen LogP contribution in [0.1, 0.15) is 278 Å². The zero-order valence-electron chi connectivity index (χ0n) is 46.3. The molecule has 0 bridgehead atoms. The molecule has 0 fully saturated rings. The van der Waals surface area contributed by atoms with Crippen molar-refractivity contribution >= 4 is 19.7 Å². The third kappa shape index (κ3) is 51.0. The minimum atomic E-state index is -4.44. The second-order valence-corrected chi connectivity index (χ2v) is 22.6. The fourth-order valence-electron chi connectivity index (χ4n) is 8.50. The van der Waals surface area contributed by atoms with Gasteiger partial charge < -0.3 is 19.4 Å². The van der Waals surface area contributed by atoms with Gasteiger partial charge in [-0.2, -0.15) is 0 Å². The quantitative estimate of drug-likeness (QED) is 0.0205. The van der Waals surface area contributed by atoms with Crippen LogP contribution in [0.25, 0.3) is 0 Å². The summed E-state index contributed by atoms with van der Waals surface area (Å²) in [5.74, 6) is -0.500. The molecule has 0 saturated carbocycles. The van der Waals surface area contributed by atoms with Crippen LogP contribution >= 0.6 is 7.82 Å². The fraction of sp³-hybridized carbons (Fsp3) is 0.864. The molecule has 0 spiro atoms. The molecule has 0 saturated heterocycles. The standard InChI is InChI=1S/C59H113N2O7P/c1-7-10-13-16-19-22-25-26-27-28-29-30-31-32-33-34-37-40-43-46-49-52-59(63)68-57(50-47-44-41-38-35-23-20-17-14-11-8-2)56(55-67-69(64,65)66-54-53-61(4,5)6)60-58(62)51-48-45-42-39-36-24-21-18-15-12-9-3/h19,22,26-27,47,50,56-57H,7-18,20-21,23-25,28-46,48-49,51-55H2,1-6H3,(H-,60,62,64,65)/p+1/b22-19-,27-26-,50-47+. The SMILES string of the molecule is CCCCC/C=C\C/C=C\CCCCCCCCCCCCCC(=O)OC(/C=C/CCCCCCCCCCC)C(COP(=O)(O)OCC[N+](C)(C)C)NC(=O)CCCCCCCCCCCCC. The highest BCUT2D eigenvalue weighted by atomic mass is 31.2. The Morgan fingerprint density at radius 2 is 0.884 bits per heavy atom. The van der Waals surface area contributed by atoms with E-state index in [0.29, 0.717) is 23.9 Å². The first kappa shape index (κ1) is 67.2. The van der Waals surface area contributed by atoms with Gasteiger partial charge in [0.1, 0.15) is 19.3 Å². The van der Waals surface area contributed by atoms with Crippen LogP contribution in [0.15, 0.2) is 36.5 Å². The molecule has 0 radical (unpaired) electrons. The smallest absolute Gasteiger partial charge is 0.456 e. The summed E-state index contributed by atoms with van der Waals surface area (Å²) in [4.78, 5) is 37.5. The average molecular weight is 995 g/mol. The number of carbonyl (C=O) groups is 2. The van der Waals surface area contributed by atoms with Crippen molar-refractivity contribution in [2.75, 3.05) is 40.9 Å². The van der Waals surface area contributed by atoms with E-state index in [1.165, 1.54) is 180 Å². The van der Waals surface area contributed by atoms with Gasteiger partial charge in [-0.25, -0.2) is 4.57 Å². The molecule has 0 aliphatic rings. The molecule has 9 nitrogen and oxygen atoms in total. The lowest BCUT2D eigenvalue weighted by atomic mass is 10.0. The lowest BCUT2D eigenvalue weighted by molar-refractivity contribution is -0.870. The van der Waals surface area contributed by atoms with E-state index in [-0.39, 0.29) is 25.1 Å². The first-order valence-electron chi connectivity index (χ1n) is 29.3. The van der Waals surface area contributed by atoms with Gasteiger partial charge in [0.05, 0.1) is 33.8 Å². The Morgan fingerprint density at radius 3 is 1.33 bits per heavy atom. The second-order valence-electron chi connectivity index (χ2n) is 21.2. The molecule has 0 heterocycles. The normalized spacial score (nSPS) is 14.0. The monoisotopic (exact) mass is 994 g/mol. The van der Waals surface area contributed by atoms with E-state index in [1.807, 2.05) is 33.3 Å². The molecule has 3 unspecified atom stereocenters. The highest BCUT2D eigenvalue weighted by Gasteiger charge is 2.30. The Labute approximate surface area is 427 Å². The van der Waals surface area contributed by atoms with Crippen molar-refractivity contribution in [1.29, 1.82) is 0 Å². The highest BCUT2D eigenvalue weighted by molar-refractivity contribution is 7.47.